The number of hydrogen-bond acceptors (Lipinski definition) is 9. The van der Waals surface area contributed by atoms with E-state index in [1.165, 1.54) is 0 Å². The molecule has 1 aliphatic rings. The summed E-state index contributed by atoms with van der Waals surface area (Å²) in [6.45, 7) is 6.18. The van der Waals surface area contributed by atoms with Gasteiger partial charge < -0.3 is 34.8 Å². The Bertz CT molecular complexity index is 845. The molecule has 1 aliphatic heterocycles. The van der Waals surface area contributed by atoms with Crippen LogP contribution in [0.1, 0.15) is 58.4 Å². The van der Waals surface area contributed by atoms with Crippen LogP contribution in [0.5, 0.6) is 0 Å². The van der Waals surface area contributed by atoms with Crippen molar-refractivity contribution in [3.8, 4) is 0 Å². The fourth-order valence-electron chi connectivity index (χ4n) is 4.19. The SMILES string of the molecule is CC(C)(C)OC(=O)CCCCCC1C(OCC(O)CNCc2ccccc2)OC(CN=[N+]=[N-])C(O)C1O. The number of esters is 1. The van der Waals surface area contributed by atoms with Crippen LogP contribution in [0.25, 0.3) is 10.4 Å². The van der Waals surface area contributed by atoms with Gasteiger partial charge in [-0.05, 0) is 44.7 Å². The van der Waals surface area contributed by atoms with Gasteiger partial charge in [-0.3, -0.25) is 4.79 Å². The molecule has 11 nitrogen and oxygen atoms in total. The molecule has 2 rings (SSSR count). The van der Waals surface area contributed by atoms with Crippen LogP contribution in [-0.4, -0.2) is 77.3 Å². The van der Waals surface area contributed by atoms with Crippen LogP contribution in [0.15, 0.2) is 35.4 Å². The van der Waals surface area contributed by atoms with Gasteiger partial charge in [-0.15, -0.1) is 0 Å². The van der Waals surface area contributed by atoms with Crippen molar-refractivity contribution in [2.45, 2.75) is 95.7 Å². The van der Waals surface area contributed by atoms with E-state index in [1.807, 2.05) is 51.1 Å². The highest BCUT2D eigenvalue weighted by Gasteiger charge is 2.44. The molecule has 0 radical (unpaired) electrons. The van der Waals surface area contributed by atoms with Gasteiger partial charge in [0.1, 0.15) is 11.7 Å². The Kier molecular flexibility index (Phi) is 13.3. The van der Waals surface area contributed by atoms with Gasteiger partial charge in [-0.25, -0.2) is 0 Å². The summed E-state index contributed by atoms with van der Waals surface area (Å²) in [5.74, 6) is -0.802. The Morgan fingerprint density at radius 3 is 2.59 bits per heavy atom. The molecule has 1 aromatic carbocycles. The van der Waals surface area contributed by atoms with Gasteiger partial charge in [0, 0.05) is 30.3 Å². The third kappa shape index (κ3) is 11.8. The second kappa shape index (κ2) is 15.9. The average molecular weight is 523 g/mol. The summed E-state index contributed by atoms with van der Waals surface area (Å²) >= 11 is 0. The number of benzene rings is 1. The largest absolute Gasteiger partial charge is 0.460 e. The van der Waals surface area contributed by atoms with Gasteiger partial charge in [0.2, 0.25) is 0 Å². The van der Waals surface area contributed by atoms with Crippen molar-refractivity contribution in [1.29, 1.82) is 0 Å². The molecule has 1 aromatic rings. The number of ether oxygens (including phenoxy) is 3. The summed E-state index contributed by atoms with van der Waals surface area (Å²) in [7, 11) is 0. The Balaban J connectivity index is 1.85. The highest BCUT2D eigenvalue weighted by Crippen LogP contribution is 2.31. The van der Waals surface area contributed by atoms with Crippen LogP contribution in [-0.2, 0) is 25.5 Å². The van der Waals surface area contributed by atoms with Crippen molar-refractivity contribution < 1.29 is 34.3 Å². The van der Waals surface area contributed by atoms with Crippen molar-refractivity contribution >= 4 is 5.97 Å². The number of carbonyl (C=O) groups is 1. The monoisotopic (exact) mass is 522 g/mol. The number of unbranched alkanes of at least 4 members (excludes halogenated alkanes) is 2. The highest BCUT2D eigenvalue weighted by molar-refractivity contribution is 5.69. The minimum absolute atomic E-state index is 0.0430. The third-order valence-electron chi connectivity index (χ3n) is 6.00. The van der Waals surface area contributed by atoms with Crippen molar-refractivity contribution in [3.63, 3.8) is 0 Å². The smallest absolute Gasteiger partial charge is 0.306 e. The molecule has 1 saturated heterocycles. The lowest BCUT2D eigenvalue weighted by atomic mass is 9.86. The van der Waals surface area contributed by atoms with Gasteiger partial charge in [0.05, 0.1) is 31.5 Å². The Hall–Kier alpha value is -2.24. The maximum absolute atomic E-state index is 11.9. The Labute approximate surface area is 218 Å². The number of carbonyl (C=O) groups excluding carboxylic acids is 1. The predicted octanol–water partition coefficient (Wildman–Crippen LogP) is 2.82. The Morgan fingerprint density at radius 1 is 1.19 bits per heavy atom. The van der Waals surface area contributed by atoms with E-state index in [2.05, 4.69) is 15.3 Å². The number of nitrogens with one attached hydrogen (secondary N) is 1. The fourth-order valence-corrected chi connectivity index (χ4v) is 4.19. The van der Waals surface area contributed by atoms with E-state index in [1.54, 1.807) is 0 Å². The zero-order valence-corrected chi connectivity index (χ0v) is 22.0. The second-order valence-electron chi connectivity index (χ2n) is 10.4. The molecular formula is C26H42N4O7. The molecule has 0 bridgehead atoms. The summed E-state index contributed by atoms with van der Waals surface area (Å²) in [6.07, 6.45) is -2.22. The lowest BCUT2D eigenvalue weighted by Gasteiger charge is -2.42. The van der Waals surface area contributed by atoms with Gasteiger partial charge >= 0.3 is 5.97 Å². The molecule has 4 N–H and O–H groups in total. The van der Waals surface area contributed by atoms with E-state index < -0.39 is 42.2 Å². The second-order valence-corrected chi connectivity index (χ2v) is 10.4. The number of rotatable bonds is 15. The molecule has 6 unspecified atom stereocenters. The molecule has 0 spiro atoms. The van der Waals surface area contributed by atoms with E-state index in [9.17, 15) is 20.1 Å². The van der Waals surface area contributed by atoms with Gasteiger partial charge in [0.25, 0.3) is 0 Å². The minimum atomic E-state index is -1.24. The van der Waals surface area contributed by atoms with Crippen LogP contribution >= 0.6 is 0 Å². The zero-order valence-electron chi connectivity index (χ0n) is 22.0. The highest BCUT2D eigenvalue weighted by atomic mass is 16.7. The van der Waals surface area contributed by atoms with Crippen LogP contribution in [0.3, 0.4) is 0 Å². The summed E-state index contributed by atoms with van der Waals surface area (Å²) in [5.41, 5.74) is 9.21. The lowest BCUT2D eigenvalue weighted by molar-refractivity contribution is -0.283. The summed E-state index contributed by atoms with van der Waals surface area (Å²) in [6, 6.07) is 9.80. The van der Waals surface area contributed by atoms with Crippen LogP contribution in [0.4, 0.5) is 0 Å². The first-order valence-corrected chi connectivity index (χ1v) is 12.9. The van der Waals surface area contributed by atoms with Crippen molar-refractivity contribution in [2.24, 2.45) is 11.0 Å². The summed E-state index contributed by atoms with van der Waals surface area (Å²) < 4.78 is 17.0. The molecule has 0 aliphatic carbocycles. The standard InChI is InChI=1S/C26H42N4O7/c1-26(2,3)37-22(32)13-9-5-8-12-20-23(33)24(34)21(16-29-30-27)36-25(20)35-17-19(31)15-28-14-18-10-6-4-7-11-18/h4,6-7,10-11,19-21,23-25,28,31,33-34H,5,8-9,12-17H2,1-3H3. The normalized spacial score (nSPS) is 24.8. The zero-order chi connectivity index (χ0) is 27.3. The molecule has 1 fully saturated rings. The minimum Gasteiger partial charge on any atom is -0.460 e. The number of hydrogen-bond donors (Lipinski definition) is 4. The van der Waals surface area contributed by atoms with E-state index in [-0.39, 0.29) is 19.1 Å². The molecule has 0 saturated carbocycles. The molecule has 0 amide bonds. The van der Waals surface area contributed by atoms with Crippen LogP contribution in [0.2, 0.25) is 0 Å². The number of aliphatic hydroxyl groups excluding tert-OH is 3. The lowest BCUT2D eigenvalue weighted by Crippen LogP contribution is -2.56. The first-order chi connectivity index (χ1) is 17.6. The molecule has 6 atom stereocenters. The molecule has 208 valence electrons. The maximum Gasteiger partial charge on any atom is 0.306 e. The first-order valence-electron chi connectivity index (χ1n) is 12.9. The van der Waals surface area contributed by atoms with E-state index in [4.69, 9.17) is 19.7 Å². The molecule has 1 heterocycles. The van der Waals surface area contributed by atoms with E-state index >= 15 is 0 Å². The maximum atomic E-state index is 11.9. The predicted molar refractivity (Wildman–Crippen MR) is 137 cm³/mol. The molecule has 0 aromatic heterocycles. The van der Waals surface area contributed by atoms with Gasteiger partial charge in [-0.1, -0.05) is 48.3 Å². The number of nitrogens with zero attached hydrogens (tertiary/aromatic N) is 3. The molecule has 11 heteroatoms. The van der Waals surface area contributed by atoms with Crippen LogP contribution < -0.4 is 5.32 Å². The first kappa shape index (κ1) is 31.0. The summed E-state index contributed by atoms with van der Waals surface area (Å²) in [4.78, 5) is 14.6. The third-order valence-corrected chi connectivity index (χ3v) is 6.00. The Morgan fingerprint density at radius 2 is 1.92 bits per heavy atom. The molecular weight excluding hydrogens is 480 g/mol. The van der Waals surface area contributed by atoms with Crippen molar-refractivity contribution in [2.75, 3.05) is 19.7 Å². The van der Waals surface area contributed by atoms with E-state index in [0.717, 1.165) is 12.0 Å². The van der Waals surface area contributed by atoms with E-state index in [0.29, 0.717) is 38.8 Å². The topological polar surface area (TPSA) is 166 Å². The van der Waals surface area contributed by atoms with Gasteiger partial charge in [-0.2, -0.15) is 0 Å². The van der Waals surface area contributed by atoms with Gasteiger partial charge in [0.15, 0.2) is 6.29 Å². The number of aliphatic hydroxyl groups is 3. The fraction of sp³-hybridized carbons (Fsp3) is 0.731. The quantitative estimate of drug-likeness (QED) is 0.0897. The molecule has 37 heavy (non-hydrogen) atoms. The van der Waals surface area contributed by atoms with Crippen LogP contribution in [0, 0.1) is 5.92 Å². The van der Waals surface area contributed by atoms with Crippen molar-refractivity contribution in [3.05, 3.63) is 46.3 Å². The average Bonchev–Trinajstić information content (AvgIpc) is 2.84. The van der Waals surface area contributed by atoms with Crippen molar-refractivity contribution in [1.82, 2.24) is 5.32 Å². The summed E-state index contributed by atoms with van der Waals surface area (Å²) in [5, 5.41) is 38.3. The number of azide groups is 1.